The number of hydrogen-bond acceptors (Lipinski definition) is 5. The number of fused-ring (bicyclic) bond motifs is 1. The average molecular weight is 474 g/mol. The van der Waals surface area contributed by atoms with Crippen molar-refractivity contribution in [1.29, 1.82) is 5.41 Å². The van der Waals surface area contributed by atoms with Crippen LogP contribution in [0.15, 0.2) is 35.5 Å². The van der Waals surface area contributed by atoms with Gasteiger partial charge in [0.05, 0.1) is 13.2 Å². The Balaban J connectivity index is 1.60. The van der Waals surface area contributed by atoms with Crippen LogP contribution in [0.5, 0.6) is 0 Å². The minimum absolute atomic E-state index is 0.139. The number of benzene rings is 1. The van der Waals surface area contributed by atoms with Crippen LogP contribution in [0.4, 0.5) is 14.9 Å². The molecular weight excluding hydrogens is 435 g/mol. The monoisotopic (exact) mass is 473 g/mol. The molecule has 34 heavy (non-hydrogen) atoms. The van der Waals surface area contributed by atoms with E-state index in [9.17, 15) is 9.18 Å². The first-order valence-electron chi connectivity index (χ1n) is 12.3. The molecule has 3 aliphatic rings. The molecule has 2 fully saturated rings. The maximum atomic E-state index is 13.4. The van der Waals surface area contributed by atoms with Crippen LogP contribution in [-0.2, 0) is 9.47 Å². The predicted octanol–water partition coefficient (Wildman–Crippen LogP) is 3.29. The molecule has 4 rings (SSSR count). The van der Waals surface area contributed by atoms with Crippen LogP contribution in [0, 0.1) is 22.6 Å². The van der Waals surface area contributed by atoms with E-state index in [-0.39, 0.29) is 17.3 Å². The molecule has 2 atom stereocenters. The van der Waals surface area contributed by atoms with Gasteiger partial charge in [0.2, 0.25) is 0 Å². The van der Waals surface area contributed by atoms with Crippen LogP contribution in [0.25, 0.3) is 0 Å². The van der Waals surface area contributed by atoms with E-state index in [1.807, 2.05) is 25.7 Å². The van der Waals surface area contributed by atoms with E-state index in [0.717, 1.165) is 69.1 Å². The van der Waals surface area contributed by atoms with Crippen LogP contribution in [0.2, 0.25) is 0 Å². The van der Waals surface area contributed by atoms with Crippen LogP contribution in [-0.4, -0.2) is 73.6 Å². The molecule has 0 saturated carbocycles. The third kappa shape index (κ3) is 5.85. The third-order valence-electron chi connectivity index (χ3n) is 7.22. The summed E-state index contributed by atoms with van der Waals surface area (Å²) in [7, 11) is 0. The molecular formula is C26H38FN4O3+. The van der Waals surface area contributed by atoms with E-state index >= 15 is 0 Å². The number of halogens is 1. The molecule has 2 heterocycles. The van der Waals surface area contributed by atoms with Crippen molar-refractivity contribution in [1.82, 2.24) is 9.80 Å². The van der Waals surface area contributed by atoms with E-state index in [1.54, 1.807) is 12.1 Å². The zero-order chi connectivity index (χ0) is 24.3. The van der Waals surface area contributed by atoms with Crippen molar-refractivity contribution >= 4 is 18.0 Å². The van der Waals surface area contributed by atoms with Gasteiger partial charge in [-0.05, 0) is 51.7 Å². The molecule has 0 radical (unpaired) electrons. The van der Waals surface area contributed by atoms with Gasteiger partial charge >= 0.3 is 6.09 Å². The SMILES string of the molecule is CC(C)(C)OC(=O)N1CCC2CC([NH2+]c3ccc(F)cc3)=C(C=N)CC2(CN2CCOCC2)C1. The largest absolute Gasteiger partial charge is 0.444 e. The lowest BCUT2D eigenvalue weighted by Gasteiger charge is -2.52. The second-order valence-electron chi connectivity index (χ2n) is 10.9. The fraction of sp³-hybridized carbons (Fsp3) is 0.615. The summed E-state index contributed by atoms with van der Waals surface area (Å²) in [6.07, 6.45) is 3.71. The molecule has 186 valence electrons. The Morgan fingerprint density at radius 2 is 1.97 bits per heavy atom. The number of likely N-dealkylation sites (tertiary alicyclic amines) is 1. The molecule has 1 amide bonds. The number of ether oxygens (including phenoxy) is 2. The maximum absolute atomic E-state index is 13.4. The van der Waals surface area contributed by atoms with Crippen molar-refractivity contribution in [2.24, 2.45) is 11.3 Å². The van der Waals surface area contributed by atoms with Gasteiger partial charge < -0.3 is 19.8 Å². The highest BCUT2D eigenvalue weighted by Crippen LogP contribution is 2.48. The summed E-state index contributed by atoms with van der Waals surface area (Å²) in [4.78, 5) is 17.3. The molecule has 2 aliphatic heterocycles. The first-order valence-corrected chi connectivity index (χ1v) is 12.3. The van der Waals surface area contributed by atoms with Crippen LogP contribution in [0.3, 0.4) is 0 Å². The quantitative estimate of drug-likeness (QED) is 0.508. The Kier molecular flexibility index (Phi) is 7.40. The van der Waals surface area contributed by atoms with Crippen molar-refractivity contribution in [2.45, 2.75) is 45.6 Å². The topological polar surface area (TPSA) is 82.5 Å². The standard InChI is InChI=1S/C26H37FN4O3/c1-25(2,3)34-24(32)31-9-8-20-14-23(29-22-6-4-21(27)5-7-22)19(16-28)15-26(20,18-31)17-30-10-12-33-13-11-30/h4-7,16,20,28-29H,8-15,17-18H2,1-3H3/p+1. The second kappa shape index (κ2) is 10.1. The molecule has 2 unspecified atom stereocenters. The Bertz CT molecular complexity index is 921. The first kappa shape index (κ1) is 24.8. The summed E-state index contributed by atoms with van der Waals surface area (Å²) in [5.74, 6) is 0.144. The van der Waals surface area contributed by atoms with Gasteiger partial charge in [-0.1, -0.05) is 0 Å². The molecule has 1 aromatic carbocycles. The molecule has 7 nitrogen and oxygen atoms in total. The molecule has 0 aromatic heterocycles. The van der Waals surface area contributed by atoms with Crippen LogP contribution >= 0.6 is 0 Å². The van der Waals surface area contributed by atoms with Gasteiger partial charge in [-0.3, -0.25) is 10.2 Å². The number of nitrogens with two attached hydrogens (primary N) is 1. The molecule has 1 aromatic rings. The number of carbonyl (C=O) groups is 1. The van der Waals surface area contributed by atoms with E-state index in [1.165, 1.54) is 18.3 Å². The van der Waals surface area contributed by atoms with Gasteiger partial charge in [0, 0.05) is 68.5 Å². The highest BCUT2D eigenvalue weighted by atomic mass is 19.1. The van der Waals surface area contributed by atoms with Crippen molar-refractivity contribution in [3.05, 3.63) is 41.4 Å². The summed E-state index contributed by atoms with van der Waals surface area (Å²) >= 11 is 0. The summed E-state index contributed by atoms with van der Waals surface area (Å²) in [6.45, 7) is 11.1. The Morgan fingerprint density at radius 3 is 2.62 bits per heavy atom. The lowest BCUT2D eigenvalue weighted by atomic mass is 9.62. The number of nitrogens with one attached hydrogen (secondary N) is 1. The highest BCUT2D eigenvalue weighted by molar-refractivity contribution is 5.77. The van der Waals surface area contributed by atoms with Crippen molar-refractivity contribution in [3.8, 4) is 0 Å². The summed E-state index contributed by atoms with van der Waals surface area (Å²) in [6, 6.07) is 6.51. The molecule has 1 aliphatic carbocycles. The van der Waals surface area contributed by atoms with Gasteiger partial charge in [-0.15, -0.1) is 0 Å². The summed E-state index contributed by atoms with van der Waals surface area (Å²) in [5, 5.41) is 10.3. The van der Waals surface area contributed by atoms with E-state index in [0.29, 0.717) is 19.0 Å². The number of carbonyl (C=O) groups excluding carboxylic acids is 1. The minimum atomic E-state index is -0.533. The zero-order valence-corrected chi connectivity index (χ0v) is 20.6. The van der Waals surface area contributed by atoms with Gasteiger partial charge in [0.1, 0.15) is 22.8 Å². The number of nitrogens with zero attached hydrogens (tertiary/aromatic N) is 2. The summed E-state index contributed by atoms with van der Waals surface area (Å²) < 4.78 is 24.7. The molecule has 0 spiro atoms. The van der Waals surface area contributed by atoms with Crippen molar-refractivity contribution < 1.29 is 24.0 Å². The summed E-state index contributed by atoms with van der Waals surface area (Å²) in [5.41, 5.74) is 2.42. The number of piperidine rings is 1. The van der Waals surface area contributed by atoms with Gasteiger partial charge in [-0.2, -0.15) is 0 Å². The Morgan fingerprint density at radius 1 is 1.26 bits per heavy atom. The zero-order valence-electron chi connectivity index (χ0n) is 20.6. The highest BCUT2D eigenvalue weighted by Gasteiger charge is 2.50. The lowest BCUT2D eigenvalue weighted by Crippen LogP contribution is -2.77. The van der Waals surface area contributed by atoms with E-state index in [4.69, 9.17) is 14.9 Å². The Labute approximate surface area is 201 Å². The Hall–Kier alpha value is -2.29. The maximum Gasteiger partial charge on any atom is 0.410 e. The van der Waals surface area contributed by atoms with Crippen molar-refractivity contribution in [3.63, 3.8) is 0 Å². The molecule has 3 N–H and O–H groups in total. The fourth-order valence-corrected chi connectivity index (χ4v) is 5.59. The fourth-order valence-electron chi connectivity index (χ4n) is 5.59. The molecule has 2 saturated heterocycles. The average Bonchev–Trinajstić information content (AvgIpc) is 2.79. The van der Waals surface area contributed by atoms with E-state index < -0.39 is 5.60 Å². The number of morpholine rings is 1. The molecule has 8 heteroatoms. The van der Waals surface area contributed by atoms with Crippen molar-refractivity contribution in [2.75, 3.05) is 45.9 Å². The first-order chi connectivity index (χ1) is 16.2. The van der Waals surface area contributed by atoms with Crippen LogP contribution in [0.1, 0.15) is 40.0 Å². The van der Waals surface area contributed by atoms with Gasteiger partial charge in [0.25, 0.3) is 0 Å². The molecule has 0 bridgehead atoms. The third-order valence-corrected chi connectivity index (χ3v) is 7.22. The van der Waals surface area contributed by atoms with E-state index in [2.05, 4.69) is 10.2 Å². The second-order valence-corrected chi connectivity index (χ2v) is 10.9. The number of quaternary nitrogens is 1. The number of hydrogen-bond donors (Lipinski definition) is 2. The predicted molar refractivity (Wildman–Crippen MR) is 129 cm³/mol. The normalized spacial score (nSPS) is 26.2. The number of rotatable bonds is 5. The minimum Gasteiger partial charge on any atom is -0.444 e. The smallest absolute Gasteiger partial charge is 0.410 e. The number of amides is 1. The van der Waals surface area contributed by atoms with Gasteiger partial charge in [-0.25, -0.2) is 9.18 Å². The lowest BCUT2D eigenvalue weighted by molar-refractivity contribution is -0.523. The van der Waals surface area contributed by atoms with Gasteiger partial charge in [0.15, 0.2) is 0 Å². The van der Waals surface area contributed by atoms with Crippen LogP contribution < -0.4 is 5.32 Å². The number of allylic oxidation sites excluding steroid dienone is 2.